The molecule has 2 heterocycles. The molecule has 0 amide bonds. The zero-order chi connectivity index (χ0) is 13.2. The van der Waals surface area contributed by atoms with Gasteiger partial charge in [-0.3, -0.25) is 9.80 Å². The molecule has 1 N–H and O–H groups in total. The van der Waals surface area contributed by atoms with Crippen LogP contribution in [-0.2, 0) is 4.74 Å². The Kier molecular flexibility index (Phi) is 4.64. The first-order valence-corrected chi connectivity index (χ1v) is 7.23. The molecule has 0 aliphatic carbocycles. The van der Waals surface area contributed by atoms with Crippen LogP contribution in [0.25, 0.3) is 0 Å². The number of β-amino-alcohol motifs (C(OH)–C–C–N with tert-alkyl or cyclic N) is 1. The second-order valence-corrected chi connectivity index (χ2v) is 6.63. The normalized spacial score (nSPS) is 35.5. The summed E-state index contributed by atoms with van der Waals surface area (Å²) in [5, 5.41) is 9.97. The van der Waals surface area contributed by atoms with E-state index in [9.17, 15) is 5.11 Å². The third-order valence-corrected chi connectivity index (χ3v) is 3.84. The zero-order valence-corrected chi connectivity index (χ0v) is 12.1. The van der Waals surface area contributed by atoms with Gasteiger partial charge in [0, 0.05) is 39.3 Å². The highest BCUT2D eigenvalue weighted by molar-refractivity contribution is 4.88. The van der Waals surface area contributed by atoms with Crippen LogP contribution in [0, 0.1) is 5.92 Å². The maximum atomic E-state index is 9.97. The van der Waals surface area contributed by atoms with Crippen molar-refractivity contribution in [3.8, 4) is 0 Å². The van der Waals surface area contributed by atoms with Crippen LogP contribution in [0.5, 0.6) is 0 Å². The number of nitrogens with zero attached hydrogens (tertiary/aromatic N) is 2. The minimum atomic E-state index is -0.494. The fourth-order valence-corrected chi connectivity index (χ4v) is 3.06. The molecule has 4 heteroatoms. The average molecular weight is 256 g/mol. The Morgan fingerprint density at radius 3 is 2.72 bits per heavy atom. The second kappa shape index (κ2) is 5.87. The molecule has 106 valence electrons. The Labute approximate surface area is 111 Å². The van der Waals surface area contributed by atoms with E-state index in [1.807, 2.05) is 6.92 Å². The van der Waals surface area contributed by atoms with Gasteiger partial charge in [0.1, 0.15) is 0 Å². The smallest absolute Gasteiger partial charge is 0.0829 e. The highest BCUT2D eigenvalue weighted by Crippen LogP contribution is 2.21. The van der Waals surface area contributed by atoms with Crippen LogP contribution >= 0.6 is 0 Å². The molecule has 0 bridgehead atoms. The summed E-state index contributed by atoms with van der Waals surface area (Å²) >= 11 is 0. The molecule has 0 radical (unpaired) electrons. The summed E-state index contributed by atoms with van der Waals surface area (Å²) in [5.74, 6) is 0.719. The van der Waals surface area contributed by atoms with Crippen LogP contribution in [0.2, 0.25) is 0 Å². The molecule has 2 rings (SSSR count). The van der Waals surface area contributed by atoms with E-state index in [4.69, 9.17) is 4.74 Å². The van der Waals surface area contributed by atoms with Crippen molar-refractivity contribution in [1.82, 2.24) is 9.80 Å². The maximum Gasteiger partial charge on any atom is 0.0829 e. The van der Waals surface area contributed by atoms with Crippen LogP contribution in [-0.4, -0.2) is 72.5 Å². The van der Waals surface area contributed by atoms with Gasteiger partial charge in [0.25, 0.3) is 0 Å². The van der Waals surface area contributed by atoms with Gasteiger partial charge in [0.2, 0.25) is 0 Å². The highest BCUT2D eigenvalue weighted by Gasteiger charge is 2.33. The Bertz CT molecular complexity index is 269. The van der Waals surface area contributed by atoms with Crippen molar-refractivity contribution in [3.63, 3.8) is 0 Å². The SMILES string of the molecule is CC(C)CN1CCOC(CN2CCC(C)(O)C2)C1. The van der Waals surface area contributed by atoms with Gasteiger partial charge in [0.05, 0.1) is 18.3 Å². The van der Waals surface area contributed by atoms with Gasteiger partial charge in [-0.25, -0.2) is 0 Å². The Morgan fingerprint density at radius 2 is 2.11 bits per heavy atom. The third-order valence-electron chi connectivity index (χ3n) is 3.84. The first-order chi connectivity index (χ1) is 8.44. The summed E-state index contributed by atoms with van der Waals surface area (Å²) in [4.78, 5) is 4.84. The monoisotopic (exact) mass is 256 g/mol. The lowest BCUT2D eigenvalue weighted by atomic mass is 10.1. The highest BCUT2D eigenvalue weighted by atomic mass is 16.5. The Morgan fingerprint density at radius 1 is 1.33 bits per heavy atom. The molecule has 0 aromatic carbocycles. The van der Waals surface area contributed by atoms with Crippen molar-refractivity contribution in [2.75, 3.05) is 45.9 Å². The molecular formula is C14H28N2O2. The topological polar surface area (TPSA) is 35.9 Å². The minimum absolute atomic E-state index is 0.311. The van der Waals surface area contributed by atoms with E-state index in [1.165, 1.54) is 0 Å². The molecule has 0 aromatic rings. The number of ether oxygens (including phenoxy) is 1. The lowest BCUT2D eigenvalue weighted by molar-refractivity contribution is -0.0461. The molecular weight excluding hydrogens is 228 g/mol. The molecule has 2 aliphatic rings. The number of morpholine rings is 1. The van der Waals surface area contributed by atoms with E-state index in [0.29, 0.717) is 6.10 Å². The van der Waals surface area contributed by atoms with Crippen LogP contribution in [0.1, 0.15) is 27.2 Å². The minimum Gasteiger partial charge on any atom is -0.389 e. The average Bonchev–Trinajstić information content (AvgIpc) is 2.57. The summed E-state index contributed by atoms with van der Waals surface area (Å²) in [7, 11) is 0. The van der Waals surface area contributed by atoms with Gasteiger partial charge in [-0.2, -0.15) is 0 Å². The molecule has 2 saturated heterocycles. The van der Waals surface area contributed by atoms with Crippen molar-refractivity contribution < 1.29 is 9.84 Å². The predicted octanol–water partition coefficient (Wildman–Crippen LogP) is 0.800. The molecule has 2 unspecified atom stereocenters. The third kappa shape index (κ3) is 4.19. The summed E-state index contributed by atoms with van der Waals surface area (Å²) in [6.07, 6.45) is 1.20. The summed E-state index contributed by atoms with van der Waals surface area (Å²) in [5.41, 5.74) is -0.494. The first kappa shape index (κ1) is 14.3. The van der Waals surface area contributed by atoms with Gasteiger partial charge in [-0.05, 0) is 19.3 Å². The van der Waals surface area contributed by atoms with E-state index >= 15 is 0 Å². The van der Waals surface area contributed by atoms with E-state index in [2.05, 4.69) is 23.6 Å². The van der Waals surface area contributed by atoms with Crippen LogP contribution in [0.15, 0.2) is 0 Å². The lowest BCUT2D eigenvalue weighted by Crippen LogP contribution is -2.48. The van der Waals surface area contributed by atoms with Crippen molar-refractivity contribution in [2.24, 2.45) is 5.92 Å². The number of hydrogen-bond donors (Lipinski definition) is 1. The molecule has 0 aromatic heterocycles. The fraction of sp³-hybridized carbons (Fsp3) is 1.00. The molecule has 2 aliphatic heterocycles. The zero-order valence-electron chi connectivity index (χ0n) is 12.1. The maximum absolute atomic E-state index is 9.97. The van der Waals surface area contributed by atoms with E-state index in [1.54, 1.807) is 0 Å². The standard InChI is InChI=1S/C14H28N2O2/c1-12(2)8-15-6-7-18-13(9-15)10-16-5-4-14(3,17)11-16/h12-13,17H,4-11H2,1-3H3. The largest absolute Gasteiger partial charge is 0.389 e. The number of rotatable bonds is 4. The molecule has 0 spiro atoms. The van der Waals surface area contributed by atoms with E-state index < -0.39 is 5.60 Å². The van der Waals surface area contributed by atoms with Gasteiger partial charge in [0.15, 0.2) is 0 Å². The van der Waals surface area contributed by atoms with Gasteiger partial charge < -0.3 is 9.84 Å². The predicted molar refractivity (Wildman–Crippen MR) is 72.7 cm³/mol. The number of hydrogen-bond acceptors (Lipinski definition) is 4. The first-order valence-electron chi connectivity index (χ1n) is 7.23. The number of likely N-dealkylation sites (tertiary alicyclic amines) is 1. The summed E-state index contributed by atoms with van der Waals surface area (Å²) in [6.45, 7) is 13.3. The van der Waals surface area contributed by atoms with Crippen molar-refractivity contribution in [2.45, 2.75) is 38.9 Å². The van der Waals surface area contributed by atoms with Gasteiger partial charge in [-0.1, -0.05) is 13.8 Å². The second-order valence-electron chi connectivity index (χ2n) is 6.63. The quantitative estimate of drug-likeness (QED) is 0.807. The summed E-state index contributed by atoms with van der Waals surface area (Å²) in [6, 6.07) is 0. The van der Waals surface area contributed by atoms with Crippen LogP contribution in [0.4, 0.5) is 0 Å². The lowest BCUT2D eigenvalue weighted by Gasteiger charge is -2.35. The van der Waals surface area contributed by atoms with E-state index in [-0.39, 0.29) is 0 Å². The van der Waals surface area contributed by atoms with Crippen molar-refractivity contribution in [3.05, 3.63) is 0 Å². The van der Waals surface area contributed by atoms with Crippen molar-refractivity contribution >= 4 is 0 Å². The molecule has 18 heavy (non-hydrogen) atoms. The van der Waals surface area contributed by atoms with Crippen LogP contribution < -0.4 is 0 Å². The number of aliphatic hydroxyl groups is 1. The van der Waals surface area contributed by atoms with Crippen LogP contribution in [0.3, 0.4) is 0 Å². The summed E-state index contributed by atoms with van der Waals surface area (Å²) < 4.78 is 5.85. The van der Waals surface area contributed by atoms with Gasteiger partial charge in [-0.15, -0.1) is 0 Å². The fourth-order valence-electron chi connectivity index (χ4n) is 3.06. The Balaban J connectivity index is 1.76. The molecule has 2 atom stereocenters. The molecule has 0 saturated carbocycles. The van der Waals surface area contributed by atoms with E-state index in [0.717, 1.165) is 58.2 Å². The van der Waals surface area contributed by atoms with Crippen molar-refractivity contribution in [1.29, 1.82) is 0 Å². The Hall–Kier alpha value is -0.160. The molecule has 4 nitrogen and oxygen atoms in total. The van der Waals surface area contributed by atoms with Gasteiger partial charge >= 0.3 is 0 Å². The molecule has 2 fully saturated rings.